The van der Waals surface area contributed by atoms with Gasteiger partial charge in [0.2, 0.25) is 0 Å². The number of sulfone groups is 1. The first-order valence-electron chi connectivity index (χ1n) is 7.21. The van der Waals surface area contributed by atoms with Crippen molar-refractivity contribution in [3.05, 3.63) is 29.8 Å². The average Bonchev–Trinajstić information content (AvgIpc) is 2.51. The summed E-state index contributed by atoms with van der Waals surface area (Å²) in [5.41, 5.74) is -0.170. The van der Waals surface area contributed by atoms with Crippen LogP contribution in [0.5, 0.6) is 0 Å². The molecule has 0 unspecified atom stereocenters. The van der Waals surface area contributed by atoms with E-state index in [2.05, 4.69) is 5.32 Å². The van der Waals surface area contributed by atoms with E-state index in [4.69, 9.17) is 4.74 Å². The van der Waals surface area contributed by atoms with Gasteiger partial charge in [-0.05, 0) is 25.5 Å². The van der Waals surface area contributed by atoms with E-state index >= 15 is 0 Å². The molecule has 1 rings (SSSR count). The number of carbonyl (C=O) groups is 3. The van der Waals surface area contributed by atoms with Crippen molar-refractivity contribution < 1.29 is 27.5 Å². The van der Waals surface area contributed by atoms with Gasteiger partial charge in [0.05, 0.1) is 10.5 Å². The molecule has 0 radical (unpaired) electrons. The standard InChI is InChI=1S/C15H20N2O6S/c1-4-10(2)16-15(20)17-13(18)9-23-14(19)11-7-5-6-8-12(11)24(3,21)22/h5-8,10H,4,9H2,1-3H3,(H2,16,17,18,20)/t10-/m1/s1. The number of ether oxygens (including phenoxy) is 1. The second-order valence-corrected chi connectivity index (χ2v) is 7.16. The Morgan fingerprint density at radius 3 is 2.42 bits per heavy atom. The Labute approximate surface area is 140 Å². The van der Waals surface area contributed by atoms with Crippen molar-refractivity contribution in [2.75, 3.05) is 12.9 Å². The van der Waals surface area contributed by atoms with Crippen LogP contribution in [-0.2, 0) is 19.4 Å². The molecule has 9 heteroatoms. The maximum Gasteiger partial charge on any atom is 0.339 e. The Morgan fingerprint density at radius 1 is 1.21 bits per heavy atom. The molecule has 0 saturated heterocycles. The molecule has 3 amide bonds. The van der Waals surface area contributed by atoms with Crippen LogP contribution in [0, 0.1) is 0 Å². The molecule has 24 heavy (non-hydrogen) atoms. The number of hydrogen-bond donors (Lipinski definition) is 2. The second-order valence-electron chi connectivity index (χ2n) is 5.18. The van der Waals surface area contributed by atoms with Crippen molar-refractivity contribution in [2.45, 2.75) is 31.2 Å². The summed E-state index contributed by atoms with van der Waals surface area (Å²) < 4.78 is 28.0. The summed E-state index contributed by atoms with van der Waals surface area (Å²) in [5.74, 6) is -1.78. The third-order valence-electron chi connectivity index (χ3n) is 3.08. The Kier molecular flexibility index (Phi) is 6.90. The highest BCUT2D eigenvalue weighted by Crippen LogP contribution is 2.16. The van der Waals surface area contributed by atoms with E-state index in [1.54, 1.807) is 6.92 Å². The minimum Gasteiger partial charge on any atom is -0.452 e. The van der Waals surface area contributed by atoms with Gasteiger partial charge in [-0.3, -0.25) is 10.1 Å². The van der Waals surface area contributed by atoms with E-state index in [1.165, 1.54) is 24.3 Å². The molecule has 0 fully saturated rings. The van der Waals surface area contributed by atoms with Crippen LogP contribution in [0.2, 0.25) is 0 Å². The summed E-state index contributed by atoms with van der Waals surface area (Å²) in [6, 6.07) is 4.70. The normalized spacial score (nSPS) is 12.1. The van der Waals surface area contributed by atoms with Crippen LogP contribution in [0.25, 0.3) is 0 Å². The highest BCUT2D eigenvalue weighted by Gasteiger charge is 2.20. The lowest BCUT2D eigenvalue weighted by molar-refractivity contribution is -0.123. The summed E-state index contributed by atoms with van der Waals surface area (Å²) >= 11 is 0. The van der Waals surface area contributed by atoms with Crippen LogP contribution >= 0.6 is 0 Å². The van der Waals surface area contributed by atoms with Crippen LogP contribution < -0.4 is 10.6 Å². The first-order chi connectivity index (χ1) is 11.1. The quantitative estimate of drug-likeness (QED) is 0.730. The zero-order chi connectivity index (χ0) is 18.3. The van der Waals surface area contributed by atoms with Crippen molar-refractivity contribution in [2.24, 2.45) is 0 Å². The smallest absolute Gasteiger partial charge is 0.339 e. The number of amides is 3. The third-order valence-corrected chi connectivity index (χ3v) is 4.24. The van der Waals surface area contributed by atoms with E-state index in [-0.39, 0.29) is 16.5 Å². The lowest BCUT2D eigenvalue weighted by Crippen LogP contribution is -2.44. The highest BCUT2D eigenvalue weighted by atomic mass is 32.2. The van der Waals surface area contributed by atoms with Crippen molar-refractivity contribution in [3.63, 3.8) is 0 Å². The summed E-state index contributed by atoms with van der Waals surface area (Å²) in [7, 11) is -3.62. The largest absolute Gasteiger partial charge is 0.452 e. The van der Waals surface area contributed by atoms with Gasteiger partial charge >= 0.3 is 12.0 Å². The van der Waals surface area contributed by atoms with Gasteiger partial charge in [0.1, 0.15) is 0 Å². The minimum absolute atomic E-state index is 0.109. The number of esters is 1. The van der Waals surface area contributed by atoms with Crippen molar-refractivity contribution in [1.29, 1.82) is 0 Å². The summed E-state index contributed by atoms with van der Waals surface area (Å²) in [5, 5.41) is 4.53. The van der Waals surface area contributed by atoms with Crippen LogP contribution in [0.1, 0.15) is 30.6 Å². The fourth-order valence-corrected chi connectivity index (χ4v) is 2.57. The van der Waals surface area contributed by atoms with Crippen LogP contribution in [0.3, 0.4) is 0 Å². The molecule has 0 aliphatic carbocycles. The van der Waals surface area contributed by atoms with E-state index in [1.807, 2.05) is 12.2 Å². The van der Waals surface area contributed by atoms with Crippen molar-refractivity contribution >= 4 is 27.7 Å². The molecule has 8 nitrogen and oxygen atoms in total. The summed E-state index contributed by atoms with van der Waals surface area (Å²) in [4.78, 5) is 34.8. The summed E-state index contributed by atoms with van der Waals surface area (Å²) in [6.45, 7) is 2.94. The van der Waals surface area contributed by atoms with Crippen LogP contribution in [0.15, 0.2) is 29.2 Å². The van der Waals surface area contributed by atoms with Gasteiger partial charge in [-0.15, -0.1) is 0 Å². The number of carbonyl (C=O) groups excluding carboxylic acids is 3. The van der Waals surface area contributed by atoms with E-state index < -0.39 is 34.4 Å². The highest BCUT2D eigenvalue weighted by molar-refractivity contribution is 7.90. The number of rotatable bonds is 6. The van der Waals surface area contributed by atoms with E-state index in [9.17, 15) is 22.8 Å². The Bertz CT molecular complexity index is 729. The molecule has 1 atom stereocenters. The Balaban J connectivity index is 2.65. The van der Waals surface area contributed by atoms with Gasteiger partial charge in [-0.2, -0.15) is 0 Å². The minimum atomic E-state index is -3.62. The number of imide groups is 1. The zero-order valence-corrected chi connectivity index (χ0v) is 14.5. The second kappa shape index (κ2) is 8.44. The Morgan fingerprint density at radius 2 is 1.83 bits per heavy atom. The fraction of sp³-hybridized carbons (Fsp3) is 0.400. The molecular weight excluding hydrogens is 336 g/mol. The van der Waals surface area contributed by atoms with Gasteiger partial charge < -0.3 is 10.1 Å². The molecule has 2 N–H and O–H groups in total. The molecule has 0 aliphatic rings. The Hall–Kier alpha value is -2.42. The average molecular weight is 356 g/mol. The number of nitrogens with one attached hydrogen (secondary N) is 2. The van der Waals surface area contributed by atoms with Gasteiger partial charge in [0.15, 0.2) is 16.4 Å². The predicted molar refractivity (Wildman–Crippen MR) is 86.3 cm³/mol. The first-order valence-corrected chi connectivity index (χ1v) is 9.10. The van der Waals surface area contributed by atoms with Crippen LogP contribution in [0.4, 0.5) is 4.79 Å². The number of benzene rings is 1. The van der Waals surface area contributed by atoms with E-state index in [0.29, 0.717) is 6.42 Å². The molecule has 0 bridgehead atoms. The van der Waals surface area contributed by atoms with Crippen LogP contribution in [-0.4, -0.2) is 45.2 Å². The molecule has 0 heterocycles. The maximum absolute atomic E-state index is 12.0. The molecule has 0 aliphatic heterocycles. The number of urea groups is 1. The van der Waals surface area contributed by atoms with E-state index in [0.717, 1.165) is 6.26 Å². The molecule has 1 aromatic rings. The molecule has 132 valence electrons. The van der Waals surface area contributed by atoms with Gasteiger partial charge in [-0.25, -0.2) is 18.0 Å². The predicted octanol–water partition coefficient (Wildman–Crippen LogP) is 0.871. The lowest BCUT2D eigenvalue weighted by Gasteiger charge is -2.12. The molecule has 0 saturated carbocycles. The molecular formula is C15H20N2O6S. The van der Waals surface area contributed by atoms with Gasteiger partial charge in [0.25, 0.3) is 5.91 Å². The summed E-state index contributed by atoms with van der Waals surface area (Å²) in [6.07, 6.45) is 1.66. The molecule has 0 aromatic heterocycles. The molecule has 0 spiro atoms. The van der Waals surface area contributed by atoms with Crippen molar-refractivity contribution in [3.8, 4) is 0 Å². The third kappa shape index (κ3) is 5.99. The van der Waals surface area contributed by atoms with Crippen molar-refractivity contribution in [1.82, 2.24) is 10.6 Å². The zero-order valence-electron chi connectivity index (χ0n) is 13.7. The topological polar surface area (TPSA) is 119 Å². The lowest BCUT2D eigenvalue weighted by atomic mass is 10.2. The first kappa shape index (κ1) is 19.6. The maximum atomic E-state index is 12.0. The molecule has 1 aromatic carbocycles. The van der Waals surface area contributed by atoms with Gasteiger partial charge in [0, 0.05) is 12.3 Å². The fourth-order valence-electron chi connectivity index (χ4n) is 1.69. The SMILES string of the molecule is CC[C@@H](C)NC(=O)NC(=O)COC(=O)c1ccccc1S(C)(=O)=O. The number of hydrogen-bond acceptors (Lipinski definition) is 6. The monoisotopic (exact) mass is 356 g/mol. The van der Waals surface area contributed by atoms with Gasteiger partial charge in [-0.1, -0.05) is 19.1 Å².